The molecule has 1 atom stereocenters. The Kier molecular flexibility index (Phi) is 6.61. The van der Waals surface area contributed by atoms with Crippen LogP contribution in [0.2, 0.25) is 0 Å². The lowest BCUT2D eigenvalue weighted by Gasteiger charge is -2.21. The van der Waals surface area contributed by atoms with Crippen molar-refractivity contribution in [2.45, 2.75) is 59.1 Å². The third-order valence-electron chi connectivity index (χ3n) is 1.96. The average molecular weight is 244 g/mol. The Morgan fingerprint density at radius 1 is 1.29 bits per heavy atom. The maximum absolute atomic E-state index is 11.5. The highest BCUT2D eigenvalue weighted by atomic mass is 16.6. The SMILES string of the molecule is CCCCNC(=O)[C@H](C)NC(=O)OC(C)(C)C. The normalized spacial score (nSPS) is 12.8. The first kappa shape index (κ1) is 15.7. The molecule has 0 saturated heterocycles. The molecule has 0 aliphatic rings. The van der Waals surface area contributed by atoms with Gasteiger partial charge in [0, 0.05) is 6.54 Å². The number of rotatable bonds is 5. The zero-order valence-electron chi connectivity index (χ0n) is 11.4. The van der Waals surface area contributed by atoms with E-state index in [-0.39, 0.29) is 5.91 Å². The largest absolute Gasteiger partial charge is 0.444 e. The van der Waals surface area contributed by atoms with Crippen molar-refractivity contribution in [3.05, 3.63) is 0 Å². The Hall–Kier alpha value is -1.26. The van der Waals surface area contributed by atoms with E-state index in [4.69, 9.17) is 4.74 Å². The molecule has 0 spiro atoms. The molecular formula is C12H24N2O3. The van der Waals surface area contributed by atoms with Crippen molar-refractivity contribution < 1.29 is 14.3 Å². The lowest BCUT2D eigenvalue weighted by molar-refractivity contribution is -0.122. The second kappa shape index (κ2) is 7.14. The quantitative estimate of drug-likeness (QED) is 0.725. The number of hydrogen-bond donors (Lipinski definition) is 2. The van der Waals surface area contributed by atoms with Gasteiger partial charge in [0.25, 0.3) is 0 Å². The number of hydrogen-bond acceptors (Lipinski definition) is 3. The number of amides is 2. The van der Waals surface area contributed by atoms with E-state index in [9.17, 15) is 9.59 Å². The monoisotopic (exact) mass is 244 g/mol. The summed E-state index contributed by atoms with van der Waals surface area (Å²) in [6, 6.07) is -0.582. The van der Waals surface area contributed by atoms with Crippen LogP contribution >= 0.6 is 0 Å². The van der Waals surface area contributed by atoms with Crippen molar-refractivity contribution >= 4 is 12.0 Å². The lowest BCUT2D eigenvalue weighted by Crippen LogP contribution is -2.46. The van der Waals surface area contributed by atoms with Crippen LogP contribution in [0.5, 0.6) is 0 Å². The van der Waals surface area contributed by atoms with Gasteiger partial charge in [-0.15, -0.1) is 0 Å². The molecule has 0 aromatic rings. The fourth-order valence-electron chi connectivity index (χ4n) is 1.09. The van der Waals surface area contributed by atoms with Crippen molar-refractivity contribution in [2.75, 3.05) is 6.54 Å². The molecule has 0 fully saturated rings. The summed E-state index contributed by atoms with van der Waals surface area (Å²) < 4.78 is 5.05. The third-order valence-corrected chi connectivity index (χ3v) is 1.96. The number of carbonyl (C=O) groups is 2. The number of carbonyl (C=O) groups excluding carboxylic acids is 2. The molecule has 0 aromatic carbocycles. The predicted octanol–water partition coefficient (Wildman–Crippen LogP) is 1.82. The fourth-order valence-corrected chi connectivity index (χ4v) is 1.09. The molecule has 0 bridgehead atoms. The molecule has 0 unspecified atom stereocenters. The molecule has 5 nitrogen and oxygen atoms in total. The molecule has 0 radical (unpaired) electrons. The molecule has 5 heteroatoms. The summed E-state index contributed by atoms with van der Waals surface area (Å²) >= 11 is 0. The second-order valence-electron chi connectivity index (χ2n) is 5.01. The Morgan fingerprint density at radius 2 is 1.88 bits per heavy atom. The standard InChI is InChI=1S/C12H24N2O3/c1-6-7-8-13-10(15)9(2)14-11(16)17-12(3,4)5/h9H,6-8H2,1-5H3,(H,13,15)(H,14,16)/t9-/m0/s1. The highest BCUT2D eigenvalue weighted by molar-refractivity contribution is 5.85. The first-order chi connectivity index (χ1) is 7.76. The predicted molar refractivity (Wildman–Crippen MR) is 66.7 cm³/mol. The van der Waals surface area contributed by atoms with E-state index in [2.05, 4.69) is 17.6 Å². The zero-order chi connectivity index (χ0) is 13.5. The first-order valence-electron chi connectivity index (χ1n) is 6.03. The van der Waals surface area contributed by atoms with Gasteiger partial charge in [-0.2, -0.15) is 0 Å². The number of nitrogens with one attached hydrogen (secondary N) is 2. The van der Waals surface area contributed by atoms with E-state index < -0.39 is 17.7 Å². The second-order valence-corrected chi connectivity index (χ2v) is 5.01. The summed E-state index contributed by atoms with van der Waals surface area (Å²) in [5.74, 6) is -0.190. The molecule has 0 aromatic heterocycles. The summed E-state index contributed by atoms with van der Waals surface area (Å²) in [5.41, 5.74) is -0.553. The van der Waals surface area contributed by atoms with Gasteiger partial charge < -0.3 is 15.4 Å². The maximum atomic E-state index is 11.5. The van der Waals surface area contributed by atoms with Crippen LogP contribution < -0.4 is 10.6 Å². The molecule has 0 rings (SSSR count). The van der Waals surface area contributed by atoms with Crippen LogP contribution in [-0.2, 0) is 9.53 Å². The molecule has 2 amide bonds. The van der Waals surface area contributed by atoms with Gasteiger partial charge in [-0.05, 0) is 34.1 Å². The Morgan fingerprint density at radius 3 is 2.35 bits per heavy atom. The highest BCUT2D eigenvalue weighted by Gasteiger charge is 2.20. The maximum Gasteiger partial charge on any atom is 0.408 e. The van der Waals surface area contributed by atoms with Crippen LogP contribution in [0.1, 0.15) is 47.5 Å². The topological polar surface area (TPSA) is 67.4 Å². The summed E-state index contributed by atoms with van der Waals surface area (Å²) in [6.45, 7) is 9.64. The minimum absolute atomic E-state index is 0.190. The van der Waals surface area contributed by atoms with Crippen molar-refractivity contribution in [1.29, 1.82) is 0 Å². The molecule has 0 aliphatic heterocycles. The van der Waals surface area contributed by atoms with Crippen LogP contribution in [0, 0.1) is 0 Å². The molecule has 0 heterocycles. The van der Waals surface area contributed by atoms with Crippen molar-refractivity contribution in [3.63, 3.8) is 0 Å². The van der Waals surface area contributed by atoms with Crippen molar-refractivity contribution in [2.24, 2.45) is 0 Å². The van der Waals surface area contributed by atoms with Gasteiger partial charge in [-0.1, -0.05) is 13.3 Å². The lowest BCUT2D eigenvalue weighted by atomic mass is 10.2. The van der Waals surface area contributed by atoms with E-state index >= 15 is 0 Å². The van der Waals surface area contributed by atoms with Gasteiger partial charge in [-0.25, -0.2) is 4.79 Å². The van der Waals surface area contributed by atoms with E-state index in [1.807, 2.05) is 0 Å². The smallest absolute Gasteiger partial charge is 0.408 e. The molecule has 17 heavy (non-hydrogen) atoms. The average Bonchev–Trinajstić information content (AvgIpc) is 2.14. The minimum Gasteiger partial charge on any atom is -0.444 e. The Labute approximate surface area is 103 Å². The van der Waals surface area contributed by atoms with Crippen LogP contribution in [-0.4, -0.2) is 30.2 Å². The van der Waals surface area contributed by atoms with Gasteiger partial charge in [0.15, 0.2) is 0 Å². The van der Waals surface area contributed by atoms with Crippen LogP contribution in [0.15, 0.2) is 0 Å². The Bertz CT molecular complexity index is 259. The van der Waals surface area contributed by atoms with Crippen LogP contribution in [0.3, 0.4) is 0 Å². The van der Waals surface area contributed by atoms with Crippen LogP contribution in [0.4, 0.5) is 4.79 Å². The van der Waals surface area contributed by atoms with Gasteiger partial charge in [0.2, 0.25) is 5.91 Å². The van der Waals surface area contributed by atoms with E-state index in [1.165, 1.54) is 0 Å². The minimum atomic E-state index is -0.582. The van der Waals surface area contributed by atoms with E-state index in [0.29, 0.717) is 6.54 Å². The van der Waals surface area contributed by atoms with Gasteiger partial charge >= 0.3 is 6.09 Å². The molecule has 0 saturated carbocycles. The van der Waals surface area contributed by atoms with Crippen molar-refractivity contribution in [3.8, 4) is 0 Å². The fraction of sp³-hybridized carbons (Fsp3) is 0.833. The number of unbranched alkanes of at least 4 members (excludes halogenated alkanes) is 1. The van der Waals surface area contributed by atoms with Crippen LogP contribution in [0.25, 0.3) is 0 Å². The van der Waals surface area contributed by atoms with E-state index in [0.717, 1.165) is 12.8 Å². The van der Waals surface area contributed by atoms with Crippen molar-refractivity contribution in [1.82, 2.24) is 10.6 Å². The summed E-state index contributed by atoms with van der Waals surface area (Å²) in [5, 5.41) is 5.23. The highest BCUT2D eigenvalue weighted by Crippen LogP contribution is 2.06. The summed E-state index contributed by atoms with van der Waals surface area (Å²) in [7, 11) is 0. The third kappa shape index (κ3) is 8.54. The summed E-state index contributed by atoms with van der Waals surface area (Å²) in [4.78, 5) is 22.9. The Balaban J connectivity index is 3.95. The molecule has 2 N–H and O–H groups in total. The van der Waals surface area contributed by atoms with Gasteiger partial charge in [0.05, 0.1) is 0 Å². The zero-order valence-corrected chi connectivity index (χ0v) is 11.4. The van der Waals surface area contributed by atoms with E-state index in [1.54, 1.807) is 27.7 Å². The first-order valence-corrected chi connectivity index (χ1v) is 6.03. The van der Waals surface area contributed by atoms with Gasteiger partial charge in [-0.3, -0.25) is 4.79 Å². The van der Waals surface area contributed by atoms with Gasteiger partial charge in [0.1, 0.15) is 11.6 Å². The molecular weight excluding hydrogens is 220 g/mol. The number of ether oxygens (including phenoxy) is 1. The summed E-state index contributed by atoms with van der Waals surface area (Å²) in [6.07, 6.45) is 1.38. The number of alkyl carbamates (subject to hydrolysis) is 1. The molecule has 100 valence electrons. The molecule has 0 aliphatic carbocycles.